The average molecular weight is 255 g/mol. The molecule has 1 aliphatic carbocycles. The third kappa shape index (κ3) is 2.90. The molecule has 2 aromatic carbocycles. The van der Waals surface area contributed by atoms with E-state index in [2.05, 4.69) is 48.6 Å². The lowest BCUT2D eigenvalue weighted by molar-refractivity contribution is 0.296. The van der Waals surface area contributed by atoms with Crippen LogP contribution in [0.1, 0.15) is 25.3 Å². The molecule has 1 aliphatic rings. The van der Waals surface area contributed by atoms with Crippen LogP contribution in [0.4, 0.5) is 0 Å². The SMILES string of the molecule is CCNCc1c(OCC2CC2)ccc2ccccc12. The zero-order valence-electron chi connectivity index (χ0n) is 11.5. The number of ether oxygens (including phenoxy) is 1. The van der Waals surface area contributed by atoms with Crippen molar-refractivity contribution >= 4 is 10.8 Å². The molecular weight excluding hydrogens is 234 g/mol. The predicted molar refractivity (Wildman–Crippen MR) is 79.5 cm³/mol. The highest BCUT2D eigenvalue weighted by atomic mass is 16.5. The first kappa shape index (κ1) is 12.5. The Kier molecular flexibility index (Phi) is 3.69. The molecule has 2 nitrogen and oxygen atoms in total. The van der Waals surface area contributed by atoms with Crippen LogP contribution in [-0.2, 0) is 6.54 Å². The van der Waals surface area contributed by atoms with Crippen LogP contribution in [0, 0.1) is 5.92 Å². The second kappa shape index (κ2) is 5.62. The lowest BCUT2D eigenvalue weighted by Crippen LogP contribution is -2.13. The van der Waals surface area contributed by atoms with Crippen molar-refractivity contribution in [1.82, 2.24) is 5.32 Å². The Morgan fingerprint density at radius 3 is 2.79 bits per heavy atom. The van der Waals surface area contributed by atoms with E-state index in [-0.39, 0.29) is 0 Å². The Morgan fingerprint density at radius 2 is 2.00 bits per heavy atom. The van der Waals surface area contributed by atoms with Crippen molar-refractivity contribution in [3.63, 3.8) is 0 Å². The van der Waals surface area contributed by atoms with Crippen LogP contribution >= 0.6 is 0 Å². The smallest absolute Gasteiger partial charge is 0.124 e. The van der Waals surface area contributed by atoms with Crippen LogP contribution < -0.4 is 10.1 Å². The van der Waals surface area contributed by atoms with Crippen LogP contribution in [0.2, 0.25) is 0 Å². The maximum atomic E-state index is 6.03. The summed E-state index contributed by atoms with van der Waals surface area (Å²) in [5, 5.41) is 6.01. The molecule has 0 heterocycles. The maximum absolute atomic E-state index is 6.03. The van der Waals surface area contributed by atoms with E-state index in [1.165, 1.54) is 29.2 Å². The highest BCUT2D eigenvalue weighted by Gasteiger charge is 2.22. The topological polar surface area (TPSA) is 21.3 Å². The van der Waals surface area contributed by atoms with Gasteiger partial charge in [0.2, 0.25) is 0 Å². The summed E-state index contributed by atoms with van der Waals surface area (Å²) in [6, 6.07) is 12.8. The second-order valence-electron chi connectivity index (χ2n) is 5.30. The lowest BCUT2D eigenvalue weighted by atomic mass is 10.0. The van der Waals surface area contributed by atoms with Gasteiger partial charge in [0.05, 0.1) is 6.61 Å². The molecule has 0 atom stereocenters. The highest BCUT2D eigenvalue weighted by molar-refractivity contribution is 5.87. The van der Waals surface area contributed by atoms with Crippen LogP contribution in [0.15, 0.2) is 36.4 Å². The number of benzene rings is 2. The van der Waals surface area contributed by atoms with Crippen molar-refractivity contribution in [2.24, 2.45) is 5.92 Å². The van der Waals surface area contributed by atoms with E-state index in [0.717, 1.165) is 31.4 Å². The molecule has 0 aromatic heterocycles. The van der Waals surface area contributed by atoms with Gasteiger partial charge in [0.15, 0.2) is 0 Å². The fourth-order valence-electron chi connectivity index (χ4n) is 2.38. The predicted octanol–water partition coefficient (Wildman–Crippen LogP) is 3.74. The summed E-state index contributed by atoms with van der Waals surface area (Å²) < 4.78 is 6.03. The highest BCUT2D eigenvalue weighted by Crippen LogP contribution is 2.32. The molecule has 0 spiro atoms. The van der Waals surface area contributed by atoms with Gasteiger partial charge in [-0.3, -0.25) is 0 Å². The fourth-order valence-corrected chi connectivity index (χ4v) is 2.38. The standard InChI is InChI=1S/C17H21NO/c1-2-18-11-16-15-6-4-3-5-14(15)9-10-17(16)19-12-13-7-8-13/h3-6,9-10,13,18H,2,7-8,11-12H2,1H3. The van der Waals surface area contributed by atoms with E-state index in [1.54, 1.807) is 0 Å². The summed E-state index contributed by atoms with van der Waals surface area (Å²) in [7, 11) is 0. The molecule has 1 fully saturated rings. The Balaban J connectivity index is 1.93. The third-order valence-corrected chi connectivity index (χ3v) is 3.72. The van der Waals surface area contributed by atoms with Gasteiger partial charge in [0.25, 0.3) is 0 Å². The molecular formula is C17H21NO. The van der Waals surface area contributed by atoms with Crippen molar-refractivity contribution < 1.29 is 4.74 Å². The minimum atomic E-state index is 0.790. The van der Waals surface area contributed by atoms with Gasteiger partial charge in [-0.2, -0.15) is 0 Å². The molecule has 1 N–H and O–H groups in total. The molecule has 19 heavy (non-hydrogen) atoms. The number of hydrogen-bond acceptors (Lipinski definition) is 2. The number of nitrogens with one attached hydrogen (secondary N) is 1. The van der Waals surface area contributed by atoms with Crippen LogP contribution in [0.25, 0.3) is 10.8 Å². The molecule has 0 amide bonds. The van der Waals surface area contributed by atoms with Crippen LogP contribution in [-0.4, -0.2) is 13.2 Å². The first-order chi connectivity index (χ1) is 9.38. The largest absolute Gasteiger partial charge is 0.493 e. The summed E-state index contributed by atoms with van der Waals surface area (Å²) >= 11 is 0. The van der Waals surface area contributed by atoms with Gasteiger partial charge in [0.1, 0.15) is 5.75 Å². The zero-order chi connectivity index (χ0) is 13.1. The first-order valence-electron chi connectivity index (χ1n) is 7.22. The molecule has 0 bridgehead atoms. The van der Waals surface area contributed by atoms with Gasteiger partial charge in [-0.1, -0.05) is 37.3 Å². The van der Waals surface area contributed by atoms with Gasteiger partial charge in [-0.15, -0.1) is 0 Å². The van der Waals surface area contributed by atoms with Crippen molar-refractivity contribution in [3.8, 4) is 5.75 Å². The molecule has 2 heteroatoms. The lowest BCUT2D eigenvalue weighted by Gasteiger charge is -2.14. The average Bonchev–Trinajstić information content (AvgIpc) is 3.27. The minimum absolute atomic E-state index is 0.790. The molecule has 0 radical (unpaired) electrons. The van der Waals surface area contributed by atoms with Crippen molar-refractivity contribution in [3.05, 3.63) is 42.0 Å². The van der Waals surface area contributed by atoms with Crippen LogP contribution in [0.5, 0.6) is 5.75 Å². The Bertz CT molecular complexity index is 560. The monoisotopic (exact) mass is 255 g/mol. The summed E-state index contributed by atoms with van der Waals surface area (Å²) in [6.45, 7) is 4.86. The number of rotatable bonds is 6. The fraction of sp³-hybridized carbons (Fsp3) is 0.412. The molecule has 0 aliphatic heterocycles. The molecule has 1 saturated carbocycles. The minimum Gasteiger partial charge on any atom is -0.493 e. The van der Waals surface area contributed by atoms with Gasteiger partial charge < -0.3 is 10.1 Å². The van der Waals surface area contributed by atoms with Crippen molar-refractivity contribution in [2.75, 3.05) is 13.2 Å². The van der Waals surface area contributed by atoms with E-state index in [4.69, 9.17) is 4.74 Å². The summed E-state index contributed by atoms with van der Waals surface area (Å²) in [5.74, 6) is 1.84. The van der Waals surface area contributed by atoms with Gasteiger partial charge in [0, 0.05) is 12.1 Å². The number of fused-ring (bicyclic) bond motifs is 1. The van der Waals surface area contributed by atoms with Crippen molar-refractivity contribution in [2.45, 2.75) is 26.3 Å². The molecule has 0 unspecified atom stereocenters. The van der Waals surface area contributed by atoms with Crippen LogP contribution in [0.3, 0.4) is 0 Å². The first-order valence-corrected chi connectivity index (χ1v) is 7.22. The molecule has 0 saturated heterocycles. The van der Waals surface area contributed by atoms with E-state index in [1.807, 2.05) is 0 Å². The van der Waals surface area contributed by atoms with Gasteiger partial charge in [-0.25, -0.2) is 0 Å². The summed E-state index contributed by atoms with van der Waals surface area (Å²) in [4.78, 5) is 0. The normalized spacial score (nSPS) is 14.8. The molecule has 2 aromatic rings. The van der Waals surface area contributed by atoms with E-state index >= 15 is 0 Å². The maximum Gasteiger partial charge on any atom is 0.124 e. The van der Waals surface area contributed by atoms with Gasteiger partial charge in [-0.05, 0) is 42.1 Å². The van der Waals surface area contributed by atoms with E-state index < -0.39 is 0 Å². The van der Waals surface area contributed by atoms with E-state index in [0.29, 0.717) is 0 Å². The summed E-state index contributed by atoms with van der Waals surface area (Å²) in [6.07, 6.45) is 2.66. The molecule has 3 rings (SSSR count). The zero-order valence-corrected chi connectivity index (χ0v) is 11.5. The van der Waals surface area contributed by atoms with E-state index in [9.17, 15) is 0 Å². The quantitative estimate of drug-likeness (QED) is 0.849. The van der Waals surface area contributed by atoms with Crippen molar-refractivity contribution in [1.29, 1.82) is 0 Å². The Morgan fingerprint density at radius 1 is 1.16 bits per heavy atom. The third-order valence-electron chi connectivity index (χ3n) is 3.72. The Hall–Kier alpha value is -1.54. The molecule has 100 valence electrons. The Labute approximate surface area is 114 Å². The summed E-state index contributed by atoms with van der Waals surface area (Å²) in [5.41, 5.74) is 1.29. The second-order valence-corrected chi connectivity index (χ2v) is 5.30. The number of hydrogen-bond donors (Lipinski definition) is 1. The van der Waals surface area contributed by atoms with Gasteiger partial charge >= 0.3 is 0 Å².